The van der Waals surface area contributed by atoms with E-state index in [9.17, 15) is 17.6 Å². The van der Waals surface area contributed by atoms with Crippen LogP contribution in [-0.2, 0) is 12.6 Å². The van der Waals surface area contributed by atoms with Gasteiger partial charge in [-0.3, -0.25) is 0 Å². The Morgan fingerprint density at radius 1 is 1.15 bits per heavy atom. The minimum absolute atomic E-state index is 0.164. The van der Waals surface area contributed by atoms with Gasteiger partial charge in [0.2, 0.25) is 0 Å². The number of halogens is 6. The summed E-state index contributed by atoms with van der Waals surface area (Å²) in [6.07, 6.45) is -3.43. The molecule has 2 aromatic carbocycles. The quantitative estimate of drug-likeness (QED) is 0.320. The van der Waals surface area contributed by atoms with Crippen molar-refractivity contribution in [2.24, 2.45) is 4.99 Å². The van der Waals surface area contributed by atoms with E-state index >= 15 is 0 Å². The highest BCUT2D eigenvalue weighted by molar-refractivity contribution is 6.35. The first-order chi connectivity index (χ1) is 12.1. The van der Waals surface area contributed by atoms with Crippen molar-refractivity contribution in [3.63, 3.8) is 0 Å². The molecule has 0 aliphatic rings. The molecular formula is C18H16Cl2F4N2. The van der Waals surface area contributed by atoms with Crippen molar-refractivity contribution in [1.82, 2.24) is 4.90 Å². The average Bonchev–Trinajstić information content (AvgIpc) is 2.56. The van der Waals surface area contributed by atoms with Gasteiger partial charge in [0.05, 0.1) is 22.6 Å². The molecule has 0 radical (unpaired) electrons. The van der Waals surface area contributed by atoms with Gasteiger partial charge in [0.15, 0.2) is 0 Å². The number of hydrogen-bond donors (Lipinski definition) is 0. The largest absolute Gasteiger partial charge is 0.416 e. The third-order valence-corrected chi connectivity index (χ3v) is 4.45. The van der Waals surface area contributed by atoms with Crippen molar-refractivity contribution in [2.75, 3.05) is 13.6 Å². The highest BCUT2D eigenvalue weighted by Crippen LogP contribution is 2.37. The summed E-state index contributed by atoms with van der Waals surface area (Å²) in [4.78, 5) is 6.00. The van der Waals surface area contributed by atoms with E-state index in [4.69, 9.17) is 23.2 Å². The topological polar surface area (TPSA) is 15.6 Å². The van der Waals surface area contributed by atoms with Crippen molar-refractivity contribution in [3.8, 4) is 0 Å². The van der Waals surface area contributed by atoms with Crippen LogP contribution in [0.2, 0.25) is 10.0 Å². The maximum atomic E-state index is 14.0. The van der Waals surface area contributed by atoms with Gasteiger partial charge in [0, 0.05) is 30.6 Å². The Kier molecular flexibility index (Phi) is 6.53. The van der Waals surface area contributed by atoms with E-state index in [1.165, 1.54) is 12.1 Å². The van der Waals surface area contributed by atoms with Gasteiger partial charge in [0.25, 0.3) is 0 Å². The highest BCUT2D eigenvalue weighted by Gasteiger charge is 2.34. The van der Waals surface area contributed by atoms with Crippen LogP contribution in [0.4, 0.5) is 23.2 Å². The maximum absolute atomic E-state index is 14.0. The van der Waals surface area contributed by atoms with Crippen molar-refractivity contribution < 1.29 is 17.6 Å². The van der Waals surface area contributed by atoms with Gasteiger partial charge in [-0.2, -0.15) is 13.2 Å². The molecule has 0 fully saturated rings. The Morgan fingerprint density at radius 3 is 2.46 bits per heavy atom. The molecule has 0 atom stereocenters. The van der Waals surface area contributed by atoms with E-state index in [1.807, 2.05) is 18.9 Å². The van der Waals surface area contributed by atoms with E-state index in [0.717, 1.165) is 24.7 Å². The molecular weight excluding hydrogens is 391 g/mol. The number of hydrogen-bond acceptors (Lipinski definition) is 1. The van der Waals surface area contributed by atoms with E-state index < -0.39 is 23.1 Å². The molecule has 140 valence electrons. The van der Waals surface area contributed by atoms with E-state index in [1.54, 1.807) is 6.34 Å². The van der Waals surface area contributed by atoms with Gasteiger partial charge in [-0.1, -0.05) is 29.3 Å². The predicted octanol–water partition coefficient (Wildman–Crippen LogP) is 6.35. The van der Waals surface area contributed by atoms with Gasteiger partial charge in [-0.05, 0) is 36.8 Å². The van der Waals surface area contributed by atoms with Crippen LogP contribution < -0.4 is 0 Å². The Bertz CT molecular complexity index is 820. The first-order valence-electron chi connectivity index (χ1n) is 7.70. The van der Waals surface area contributed by atoms with Crippen molar-refractivity contribution >= 4 is 35.2 Å². The molecule has 0 aromatic heterocycles. The molecule has 2 rings (SSSR count). The molecule has 0 aliphatic carbocycles. The summed E-state index contributed by atoms with van der Waals surface area (Å²) in [7, 11) is 1.82. The second kappa shape index (κ2) is 8.27. The Labute approximate surface area is 159 Å². The summed E-state index contributed by atoms with van der Waals surface area (Å²) < 4.78 is 53.4. The fourth-order valence-electron chi connectivity index (χ4n) is 2.25. The molecule has 2 aromatic rings. The molecule has 0 bridgehead atoms. The SMILES string of the molecule is CCN(C)C=Nc1cc(Cl)c(Cc2c(F)cccc2C(F)(F)F)cc1Cl. The van der Waals surface area contributed by atoms with Crippen molar-refractivity contribution in [3.05, 3.63) is 62.9 Å². The monoisotopic (exact) mass is 406 g/mol. The molecule has 0 amide bonds. The van der Waals surface area contributed by atoms with E-state index in [2.05, 4.69) is 4.99 Å². The molecule has 2 nitrogen and oxygen atoms in total. The van der Waals surface area contributed by atoms with E-state index in [0.29, 0.717) is 5.69 Å². The fourth-order valence-corrected chi connectivity index (χ4v) is 2.71. The lowest BCUT2D eigenvalue weighted by Gasteiger charge is -2.15. The van der Waals surface area contributed by atoms with Crippen LogP contribution in [0.1, 0.15) is 23.6 Å². The first kappa shape index (κ1) is 20.5. The summed E-state index contributed by atoms with van der Waals surface area (Å²) in [5.41, 5.74) is -0.836. The summed E-state index contributed by atoms with van der Waals surface area (Å²) >= 11 is 12.3. The van der Waals surface area contributed by atoms with Gasteiger partial charge in [-0.15, -0.1) is 0 Å². The molecule has 0 saturated carbocycles. The van der Waals surface area contributed by atoms with Gasteiger partial charge in [-0.25, -0.2) is 9.38 Å². The smallest absolute Gasteiger partial charge is 0.366 e. The molecule has 26 heavy (non-hydrogen) atoms. The number of alkyl halides is 3. The number of aliphatic imine (C=N–C) groups is 1. The second-order valence-corrected chi connectivity index (χ2v) is 6.47. The summed E-state index contributed by atoms with van der Waals surface area (Å²) in [6.45, 7) is 2.68. The van der Waals surface area contributed by atoms with Crippen LogP contribution in [0.3, 0.4) is 0 Å². The van der Waals surface area contributed by atoms with Gasteiger partial charge >= 0.3 is 6.18 Å². The Balaban J connectivity index is 2.41. The third-order valence-electron chi connectivity index (χ3n) is 3.80. The lowest BCUT2D eigenvalue weighted by Crippen LogP contribution is -2.14. The number of benzene rings is 2. The van der Waals surface area contributed by atoms with Crippen LogP contribution in [0, 0.1) is 5.82 Å². The molecule has 0 heterocycles. The van der Waals surface area contributed by atoms with Gasteiger partial charge in [0.1, 0.15) is 5.82 Å². The van der Waals surface area contributed by atoms with E-state index in [-0.39, 0.29) is 22.0 Å². The van der Waals surface area contributed by atoms with Crippen LogP contribution in [0.25, 0.3) is 0 Å². The van der Waals surface area contributed by atoms with Crippen molar-refractivity contribution in [1.29, 1.82) is 0 Å². The lowest BCUT2D eigenvalue weighted by atomic mass is 9.98. The Morgan fingerprint density at radius 2 is 1.85 bits per heavy atom. The molecule has 0 saturated heterocycles. The summed E-state index contributed by atoms with van der Waals surface area (Å²) in [6, 6.07) is 5.72. The molecule has 8 heteroatoms. The highest BCUT2D eigenvalue weighted by atomic mass is 35.5. The zero-order chi connectivity index (χ0) is 19.5. The zero-order valence-electron chi connectivity index (χ0n) is 14.0. The third kappa shape index (κ3) is 4.89. The molecule has 0 spiro atoms. The van der Waals surface area contributed by atoms with Crippen LogP contribution in [0.15, 0.2) is 35.3 Å². The van der Waals surface area contributed by atoms with Crippen molar-refractivity contribution in [2.45, 2.75) is 19.5 Å². The average molecular weight is 407 g/mol. The first-order valence-corrected chi connectivity index (χ1v) is 8.46. The fraction of sp³-hybridized carbons (Fsp3) is 0.278. The maximum Gasteiger partial charge on any atom is 0.416 e. The van der Waals surface area contributed by atoms with Gasteiger partial charge < -0.3 is 4.90 Å². The minimum atomic E-state index is -4.66. The number of rotatable bonds is 5. The normalized spacial score (nSPS) is 12.0. The molecule has 0 unspecified atom stereocenters. The molecule has 0 aliphatic heterocycles. The predicted molar refractivity (Wildman–Crippen MR) is 97.1 cm³/mol. The lowest BCUT2D eigenvalue weighted by molar-refractivity contribution is -0.138. The zero-order valence-corrected chi connectivity index (χ0v) is 15.6. The summed E-state index contributed by atoms with van der Waals surface area (Å²) in [5, 5.41) is 0.382. The second-order valence-electron chi connectivity index (χ2n) is 5.65. The summed E-state index contributed by atoms with van der Waals surface area (Å²) in [5.74, 6) is -0.946. The molecule has 0 N–H and O–H groups in total. The standard InChI is InChI=1S/C18H16Cl2F4N2/c1-3-26(2)10-25-17-9-14(19)11(8-15(17)20)7-12-13(18(22,23)24)5-4-6-16(12)21/h4-6,8-10H,3,7H2,1-2H3. The van der Waals surface area contributed by atoms with Crippen LogP contribution >= 0.6 is 23.2 Å². The minimum Gasteiger partial charge on any atom is -0.366 e. The number of nitrogens with zero attached hydrogens (tertiary/aromatic N) is 2. The van der Waals surface area contributed by atoms with Crippen LogP contribution in [0.5, 0.6) is 0 Å². The Hall–Kier alpha value is -1.79. The van der Waals surface area contributed by atoms with Crippen LogP contribution in [-0.4, -0.2) is 24.8 Å².